The Bertz CT molecular complexity index is 351. The van der Waals surface area contributed by atoms with Gasteiger partial charge >= 0.3 is 5.97 Å². The molecule has 94 valence electrons. The predicted octanol–water partition coefficient (Wildman–Crippen LogP) is 2.45. The van der Waals surface area contributed by atoms with Crippen LogP contribution in [0.2, 0.25) is 0 Å². The maximum Gasteiger partial charge on any atom is 0.302 e. The Labute approximate surface area is 107 Å². The lowest BCUT2D eigenvalue weighted by molar-refractivity contribution is -0.145. The topological polar surface area (TPSA) is 38.3 Å². The molecule has 1 aromatic carbocycles. The zero-order chi connectivity index (χ0) is 12.7. The van der Waals surface area contributed by atoms with Crippen molar-refractivity contribution >= 4 is 17.7 Å². The van der Waals surface area contributed by atoms with Crippen LogP contribution in [0.1, 0.15) is 19.4 Å². The van der Waals surface area contributed by atoms with Crippen LogP contribution >= 0.6 is 11.8 Å². The molecule has 1 N–H and O–H groups in total. The molecule has 0 amide bonds. The van der Waals surface area contributed by atoms with Crippen molar-refractivity contribution in [3.05, 3.63) is 29.8 Å². The average molecular weight is 253 g/mol. The maximum atomic E-state index is 10.7. The lowest BCUT2D eigenvalue weighted by atomic mass is 10.2. The van der Waals surface area contributed by atoms with Gasteiger partial charge in [0.2, 0.25) is 0 Å². The van der Waals surface area contributed by atoms with E-state index in [9.17, 15) is 4.79 Å². The summed E-state index contributed by atoms with van der Waals surface area (Å²) in [6, 6.07) is 8.43. The Hall–Kier alpha value is -1.00. The molecule has 3 nitrogen and oxygen atoms in total. The van der Waals surface area contributed by atoms with Gasteiger partial charge in [-0.05, 0) is 30.9 Å². The van der Waals surface area contributed by atoms with E-state index in [0.717, 1.165) is 6.54 Å². The van der Waals surface area contributed by atoms with Crippen LogP contribution in [0, 0.1) is 0 Å². The van der Waals surface area contributed by atoms with Crippen molar-refractivity contribution in [3.8, 4) is 0 Å². The summed E-state index contributed by atoms with van der Waals surface area (Å²) in [5.41, 5.74) is 1.23. The number of thioether (sulfide) groups is 1. The first kappa shape index (κ1) is 14.1. The maximum absolute atomic E-state index is 10.7. The van der Waals surface area contributed by atoms with Crippen molar-refractivity contribution in [2.24, 2.45) is 0 Å². The minimum atomic E-state index is -0.233. The lowest BCUT2D eigenvalue weighted by Crippen LogP contribution is -2.27. The molecule has 0 aliphatic heterocycles. The fourth-order valence-corrected chi connectivity index (χ4v) is 1.90. The molecule has 0 bridgehead atoms. The number of nitrogens with one attached hydrogen (secondary N) is 1. The SMILES string of the molecule is CSc1ccc(CNCC(C)OC(C)=O)cc1. The number of esters is 1. The molecule has 0 spiro atoms. The monoisotopic (exact) mass is 253 g/mol. The lowest BCUT2D eigenvalue weighted by Gasteiger charge is -2.12. The van der Waals surface area contributed by atoms with E-state index >= 15 is 0 Å². The van der Waals surface area contributed by atoms with E-state index in [0.29, 0.717) is 6.54 Å². The Kier molecular flexibility index (Phi) is 6.08. The highest BCUT2D eigenvalue weighted by molar-refractivity contribution is 7.98. The third kappa shape index (κ3) is 5.75. The second kappa shape index (κ2) is 7.35. The smallest absolute Gasteiger partial charge is 0.302 e. The number of ether oxygens (including phenoxy) is 1. The molecule has 0 radical (unpaired) electrons. The molecule has 0 saturated heterocycles. The first-order valence-corrected chi connectivity index (χ1v) is 6.85. The minimum Gasteiger partial charge on any atom is -0.462 e. The van der Waals surface area contributed by atoms with E-state index in [-0.39, 0.29) is 12.1 Å². The van der Waals surface area contributed by atoms with Gasteiger partial charge in [0.1, 0.15) is 6.10 Å². The van der Waals surface area contributed by atoms with Gasteiger partial charge in [-0.15, -0.1) is 11.8 Å². The molecule has 17 heavy (non-hydrogen) atoms. The van der Waals surface area contributed by atoms with Crippen LogP contribution in [0.4, 0.5) is 0 Å². The van der Waals surface area contributed by atoms with Gasteiger partial charge in [-0.1, -0.05) is 12.1 Å². The van der Waals surface area contributed by atoms with Crippen molar-refractivity contribution in [3.63, 3.8) is 0 Å². The molecular weight excluding hydrogens is 234 g/mol. The fraction of sp³-hybridized carbons (Fsp3) is 0.462. The van der Waals surface area contributed by atoms with E-state index in [4.69, 9.17) is 4.74 Å². The number of hydrogen-bond acceptors (Lipinski definition) is 4. The summed E-state index contributed by atoms with van der Waals surface area (Å²) in [4.78, 5) is 12.0. The van der Waals surface area contributed by atoms with Gasteiger partial charge < -0.3 is 10.1 Å². The quantitative estimate of drug-likeness (QED) is 0.624. The molecule has 0 heterocycles. The van der Waals surface area contributed by atoms with Crippen molar-refractivity contribution in [2.45, 2.75) is 31.4 Å². The second-order valence-electron chi connectivity index (χ2n) is 3.90. The molecule has 1 atom stereocenters. The normalized spacial score (nSPS) is 12.2. The Morgan fingerprint density at radius 1 is 1.41 bits per heavy atom. The third-order valence-electron chi connectivity index (χ3n) is 2.29. The van der Waals surface area contributed by atoms with Crippen LogP contribution in [-0.2, 0) is 16.1 Å². The van der Waals surface area contributed by atoms with E-state index in [1.165, 1.54) is 17.4 Å². The number of carbonyl (C=O) groups excluding carboxylic acids is 1. The second-order valence-corrected chi connectivity index (χ2v) is 4.78. The first-order chi connectivity index (χ1) is 8.11. The number of carbonyl (C=O) groups is 1. The molecule has 0 saturated carbocycles. The largest absolute Gasteiger partial charge is 0.462 e. The van der Waals surface area contributed by atoms with E-state index < -0.39 is 0 Å². The minimum absolute atomic E-state index is 0.0852. The van der Waals surface area contributed by atoms with Crippen molar-refractivity contribution in [1.29, 1.82) is 0 Å². The zero-order valence-electron chi connectivity index (χ0n) is 10.5. The van der Waals surface area contributed by atoms with Gasteiger partial charge in [0.05, 0.1) is 0 Å². The molecule has 0 aliphatic rings. The summed E-state index contributed by atoms with van der Waals surface area (Å²) in [5.74, 6) is -0.233. The molecule has 1 unspecified atom stereocenters. The van der Waals surface area contributed by atoms with Crippen LogP contribution in [0.25, 0.3) is 0 Å². The number of rotatable bonds is 6. The van der Waals surface area contributed by atoms with Crippen LogP contribution in [-0.4, -0.2) is 24.9 Å². The average Bonchev–Trinajstić information content (AvgIpc) is 2.29. The van der Waals surface area contributed by atoms with E-state index in [1.54, 1.807) is 11.8 Å². The molecule has 0 fully saturated rings. The Balaban J connectivity index is 2.28. The third-order valence-corrected chi connectivity index (χ3v) is 3.03. The molecule has 4 heteroatoms. The first-order valence-electron chi connectivity index (χ1n) is 5.62. The van der Waals surface area contributed by atoms with Crippen LogP contribution in [0.5, 0.6) is 0 Å². The van der Waals surface area contributed by atoms with Gasteiger partial charge in [0.15, 0.2) is 0 Å². The van der Waals surface area contributed by atoms with Gasteiger partial charge in [0, 0.05) is 24.9 Å². The fourth-order valence-electron chi connectivity index (χ4n) is 1.49. The Morgan fingerprint density at radius 2 is 2.06 bits per heavy atom. The van der Waals surface area contributed by atoms with Crippen LogP contribution < -0.4 is 5.32 Å². The summed E-state index contributed by atoms with van der Waals surface area (Å²) < 4.78 is 5.02. The van der Waals surface area contributed by atoms with Crippen LogP contribution in [0.15, 0.2) is 29.2 Å². The van der Waals surface area contributed by atoms with Gasteiger partial charge in [-0.2, -0.15) is 0 Å². The summed E-state index contributed by atoms with van der Waals surface area (Å²) >= 11 is 1.74. The summed E-state index contributed by atoms with van der Waals surface area (Å²) in [5, 5.41) is 3.26. The highest BCUT2D eigenvalue weighted by Crippen LogP contribution is 2.14. The predicted molar refractivity (Wildman–Crippen MR) is 71.2 cm³/mol. The molecule has 1 rings (SSSR count). The molecule has 0 aromatic heterocycles. The molecule has 0 aliphatic carbocycles. The number of benzene rings is 1. The van der Waals surface area contributed by atoms with Crippen molar-refractivity contribution in [1.82, 2.24) is 5.32 Å². The van der Waals surface area contributed by atoms with Gasteiger partial charge in [-0.3, -0.25) is 4.79 Å². The van der Waals surface area contributed by atoms with Gasteiger partial charge in [0.25, 0.3) is 0 Å². The van der Waals surface area contributed by atoms with Crippen molar-refractivity contribution in [2.75, 3.05) is 12.8 Å². The highest BCUT2D eigenvalue weighted by atomic mass is 32.2. The van der Waals surface area contributed by atoms with Crippen LogP contribution in [0.3, 0.4) is 0 Å². The molecular formula is C13H19NO2S. The molecule has 1 aromatic rings. The van der Waals surface area contributed by atoms with E-state index in [2.05, 4.69) is 35.8 Å². The van der Waals surface area contributed by atoms with Gasteiger partial charge in [-0.25, -0.2) is 0 Å². The van der Waals surface area contributed by atoms with Crippen molar-refractivity contribution < 1.29 is 9.53 Å². The highest BCUT2D eigenvalue weighted by Gasteiger charge is 2.04. The van der Waals surface area contributed by atoms with E-state index in [1.807, 2.05) is 6.92 Å². The summed E-state index contributed by atoms with van der Waals surface area (Å²) in [6.45, 7) is 4.77. The number of hydrogen-bond donors (Lipinski definition) is 1. The summed E-state index contributed by atoms with van der Waals surface area (Å²) in [7, 11) is 0. The Morgan fingerprint density at radius 3 is 2.59 bits per heavy atom. The zero-order valence-corrected chi connectivity index (χ0v) is 11.3. The standard InChI is InChI=1S/C13H19NO2S/c1-10(16-11(2)15)8-14-9-12-4-6-13(17-3)7-5-12/h4-7,10,14H,8-9H2,1-3H3. The summed E-state index contributed by atoms with van der Waals surface area (Å²) in [6.07, 6.45) is 1.98.